The lowest BCUT2D eigenvalue weighted by Gasteiger charge is -2.22. The summed E-state index contributed by atoms with van der Waals surface area (Å²) in [5.74, 6) is 0. The molecule has 0 spiro atoms. The molecule has 0 unspecified atom stereocenters. The van der Waals surface area contributed by atoms with Crippen LogP contribution in [-0.4, -0.2) is 29.9 Å². The first kappa shape index (κ1) is 85.8. The average Bonchev–Trinajstić information content (AvgIpc) is 1.57. The highest BCUT2D eigenvalue weighted by molar-refractivity contribution is 7.27. The predicted octanol–water partition coefficient (Wildman–Crippen LogP) is 37.3. The standard InChI is InChI=1S/C58H36N2O2.C43H28N2OS.C34H20N2O2/c1-3-11-37(12-4-1)39-21-25-41(26-22-39)45-29-30-54-51(33-45)52-35-48(42-27-23-40(24-28-42)38-13-5-2-6-14-38)34-50(57(52)61-54)46-17-9-15-43(31-46)44-16-10-18-47(32-44)55-58-56(60-36-59-55)49-19-7-8-20-53(49)62-58;1-43(2)35-18-5-3-12-30(35)31-21-20-26(23-36(31)43)29-15-9-17-33-32-16-8-14-28(41(32)47-42(29)33)25-10-7-11-27(22-25)38-40-39(45-24-44-38)34-13-4-6-19-37(34)46-40;1-3-16-29-26(12-1)27-15-7-14-25(33(27)37-29)23-10-5-8-21(18-23)22-9-6-11-24(19-22)31-34-32(36-20-35-31)28-13-2-4-17-30(28)38-34/h1-36H;3-24H,1-2H3;1-20H. The molecule has 20 aromatic carbocycles. The van der Waals surface area contributed by atoms with Crippen LogP contribution in [0.1, 0.15) is 25.0 Å². The molecule has 0 bridgehead atoms. The Labute approximate surface area is 848 Å². The molecule has 9 aromatic heterocycles. The van der Waals surface area contributed by atoms with Crippen LogP contribution in [0.4, 0.5) is 0 Å². The maximum Gasteiger partial charge on any atom is 0.180 e. The van der Waals surface area contributed by atoms with Crippen molar-refractivity contribution in [1.82, 2.24) is 29.9 Å². The van der Waals surface area contributed by atoms with Gasteiger partial charge in [0.2, 0.25) is 0 Å². The lowest BCUT2D eigenvalue weighted by Crippen LogP contribution is -2.14. The zero-order chi connectivity index (χ0) is 97.3. The van der Waals surface area contributed by atoms with Crippen LogP contribution in [0.15, 0.2) is 496 Å². The van der Waals surface area contributed by atoms with Crippen LogP contribution in [0.2, 0.25) is 0 Å². The van der Waals surface area contributed by atoms with Crippen LogP contribution in [0.5, 0.6) is 0 Å². The van der Waals surface area contributed by atoms with Gasteiger partial charge in [-0.15, -0.1) is 11.3 Å². The molecule has 12 heteroatoms. The van der Waals surface area contributed by atoms with Crippen molar-refractivity contribution >= 4 is 142 Å². The van der Waals surface area contributed by atoms with E-state index in [4.69, 9.17) is 32.1 Å². The number of rotatable bonds is 13. The summed E-state index contributed by atoms with van der Waals surface area (Å²) >= 11 is 1.89. The first-order valence-corrected chi connectivity index (χ1v) is 50.2. The fourth-order valence-corrected chi connectivity index (χ4v) is 23.3. The van der Waals surface area contributed by atoms with Gasteiger partial charge in [0.1, 0.15) is 91.7 Å². The number of furan rings is 5. The van der Waals surface area contributed by atoms with Gasteiger partial charge in [0.05, 0.1) is 0 Å². The van der Waals surface area contributed by atoms with E-state index in [1.54, 1.807) is 19.0 Å². The van der Waals surface area contributed by atoms with Gasteiger partial charge in [-0.2, -0.15) is 0 Å². The van der Waals surface area contributed by atoms with Gasteiger partial charge < -0.3 is 22.1 Å². The zero-order valence-corrected chi connectivity index (χ0v) is 80.5. The molecule has 0 aliphatic heterocycles. The second-order valence-electron chi connectivity index (χ2n) is 38.2. The Hall–Kier alpha value is -19.1. The van der Waals surface area contributed by atoms with Gasteiger partial charge in [0, 0.05) is 91.1 Å². The molecule has 1 aliphatic rings. The number of hydrogen-bond donors (Lipinski definition) is 0. The maximum atomic E-state index is 6.84. The van der Waals surface area contributed by atoms with Crippen molar-refractivity contribution in [2.45, 2.75) is 19.3 Å². The van der Waals surface area contributed by atoms with E-state index in [1.165, 1.54) is 81.4 Å². The van der Waals surface area contributed by atoms with Gasteiger partial charge in [-0.1, -0.05) is 366 Å². The molecule has 0 saturated carbocycles. The van der Waals surface area contributed by atoms with Crippen molar-refractivity contribution in [3.63, 3.8) is 0 Å². The molecule has 0 amide bonds. The third-order valence-electron chi connectivity index (χ3n) is 29.3. The smallest absolute Gasteiger partial charge is 0.180 e. The van der Waals surface area contributed by atoms with Crippen LogP contribution in [0, 0.1) is 0 Å². The van der Waals surface area contributed by atoms with E-state index in [1.807, 2.05) is 102 Å². The number of thiophene rings is 1. The molecule has 0 radical (unpaired) electrons. The molecule has 0 N–H and O–H groups in total. The van der Waals surface area contributed by atoms with Gasteiger partial charge in [-0.05, 0) is 226 Å². The summed E-state index contributed by atoms with van der Waals surface area (Å²) in [6, 6.07) is 161. The van der Waals surface area contributed by atoms with E-state index in [-0.39, 0.29) is 5.41 Å². The van der Waals surface area contributed by atoms with Crippen molar-refractivity contribution in [1.29, 1.82) is 0 Å². The molecule has 0 saturated heterocycles. The monoisotopic (exact) mass is 1900 g/mol. The fraction of sp³-hybridized carbons (Fsp3) is 0.0222. The van der Waals surface area contributed by atoms with E-state index >= 15 is 0 Å². The molecule has 0 atom stereocenters. The second kappa shape index (κ2) is 35.2. The summed E-state index contributed by atoms with van der Waals surface area (Å²) in [6.07, 6.45) is 4.87. The highest BCUT2D eigenvalue weighted by Crippen LogP contribution is 2.53. The van der Waals surface area contributed by atoms with Crippen molar-refractivity contribution in [2.24, 2.45) is 0 Å². The summed E-state index contributed by atoms with van der Waals surface area (Å²) in [4.78, 5) is 27.7. The molecular weight excluding hydrogens is 1820 g/mol. The Balaban J connectivity index is 0.000000110. The first-order valence-electron chi connectivity index (χ1n) is 49.4. The van der Waals surface area contributed by atoms with Crippen LogP contribution < -0.4 is 0 Å². The number of aromatic nitrogens is 6. The topological polar surface area (TPSA) is 143 Å². The third kappa shape index (κ3) is 14.9. The number of benzene rings is 20. The summed E-state index contributed by atoms with van der Waals surface area (Å²) in [5, 5.41) is 9.98. The van der Waals surface area contributed by atoms with Crippen molar-refractivity contribution in [3.8, 4) is 156 Å². The molecule has 690 valence electrons. The van der Waals surface area contributed by atoms with Gasteiger partial charge in [0.25, 0.3) is 0 Å². The van der Waals surface area contributed by atoms with Crippen LogP contribution in [-0.2, 0) is 5.41 Å². The minimum absolute atomic E-state index is 0.0359. The third-order valence-corrected chi connectivity index (χ3v) is 30.5. The summed E-state index contributed by atoms with van der Waals surface area (Å²) in [6.45, 7) is 4.70. The average molecular weight is 1900 g/mol. The number of nitrogens with zero attached hydrogens (tertiary/aromatic N) is 6. The highest BCUT2D eigenvalue weighted by Gasteiger charge is 2.36. The molecule has 11 nitrogen and oxygen atoms in total. The van der Waals surface area contributed by atoms with E-state index in [0.29, 0.717) is 11.2 Å². The van der Waals surface area contributed by atoms with Crippen LogP contribution in [0.25, 0.3) is 286 Å². The Morgan fingerprint density at radius 2 is 0.469 bits per heavy atom. The Bertz CT molecular complexity index is 10200. The molecule has 9 heterocycles. The van der Waals surface area contributed by atoms with Gasteiger partial charge in [-0.3, -0.25) is 0 Å². The summed E-state index contributed by atoms with van der Waals surface area (Å²) in [7, 11) is 0. The number of para-hydroxylation sites is 5. The van der Waals surface area contributed by atoms with E-state index in [0.717, 1.165) is 205 Å². The molecule has 0 fully saturated rings. The van der Waals surface area contributed by atoms with Crippen molar-refractivity contribution in [3.05, 3.63) is 485 Å². The number of hydrogen-bond acceptors (Lipinski definition) is 12. The van der Waals surface area contributed by atoms with Crippen molar-refractivity contribution in [2.75, 3.05) is 0 Å². The molecule has 30 rings (SSSR count). The van der Waals surface area contributed by atoms with Gasteiger partial charge in [0.15, 0.2) is 16.7 Å². The van der Waals surface area contributed by atoms with Crippen LogP contribution >= 0.6 is 11.3 Å². The minimum atomic E-state index is -0.0359. The Morgan fingerprint density at radius 1 is 0.170 bits per heavy atom. The second-order valence-corrected chi connectivity index (χ2v) is 39.2. The van der Waals surface area contributed by atoms with Gasteiger partial charge >= 0.3 is 0 Å². The molecular formula is C135H84N6O5S. The first-order chi connectivity index (χ1) is 72.6. The van der Waals surface area contributed by atoms with E-state index in [9.17, 15) is 0 Å². The van der Waals surface area contributed by atoms with E-state index < -0.39 is 0 Å². The van der Waals surface area contributed by atoms with Crippen LogP contribution in [0.3, 0.4) is 0 Å². The van der Waals surface area contributed by atoms with E-state index in [2.05, 4.69) is 398 Å². The largest absolute Gasteiger partial charge is 0.455 e. The zero-order valence-electron chi connectivity index (χ0n) is 79.7. The molecule has 29 aromatic rings. The summed E-state index contributed by atoms with van der Waals surface area (Å²) < 4.78 is 34.5. The minimum Gasteiger partial charge on any atom is -0.455 e. The predicted molar refractivity (Wildman–Crippen MR) is 604 cm³/mol. The number of fused-ring (bicyclic) bond motifs is 21. The fourth-order valence-electron chi connectivity index (χ4n) is 22.0. The lowest BCUT2D eigenvalue weighted by atomic mass is 9.81. The Morgan fingerprint density at radius 3 is 0.973 bits per heavy atom. The molecule has 147 heavy (non-hydrogen) atoms. The SMILES string of the molecule is CC1(C)c2ccccc2-c2ccc(-c3cccc4c3sc3c(-c5cccc(-c6ncnc7c6oc6ccccc67)c5)cccc34)cc21.c1cc(-c2cccc(-c3ncnc4c3oc3ccccc34)c2)cc(-c2cccc3c2oc2ccccc23)c1.c1ccc(-c2ccc(-c3ccc4oc5c(-c6cccc(-c7cccc(-c8ncnc9c8oc8ccccc89)c7)c6)cc(-c6ccc(-c7ccccc7)cc6)cc5c4c3)cc2)cc1. The normalized spacial score (nSPS) is 12.2. The highest BCUT2D eigenvalue weighted by atomic mass is 32.1. The van der Waals surface area contributed by atoms with Crippen molar-refractivity contribution < 1.29 is 22.1 Å². The summed E-state index contributed by atoms with van der Waals surface area (Å²) in [5.41, 5.74) is 44.3. The van der Waals surface area contributed by atoms with Gasteiger partial charge in [-0.25, -0.2) is 29.9 Å². The Kier molecular flexibility index (Phi) is 20.6. The molecule has 1 aliphatic carbocycles. The lowest BCUT2D eigenvalue weighted by molar-refractivity contribution is 0.660. The maximum absolute atomic E-state index is 6.84. The quantitative estimate of drug-likeness (QED) is 0.109.